The fraction of sp³-hybridized carbons (Fsp3) is 0.333. The van der Waals surface area contributed by atoms with Crippen molar-refractivity contribution in [1.82, 2.24) is 4.90 Å². The zero-order valence-electron chi connectivity index (χ0n) is 15.7. The molecule has 144 valence electrons. The van der Waals surface area contributed by atoms with Gasteiger partial charge in [-0.15, -0.1) is 0 Å². The maximum absolute atomic E-state index is 12.4. The van der Waals surface area contributed by atoms with Crippen molar-refractivity contribution in [3.05, 3.63) is 60.2 Å². The van der Waals surface area contributed by atoms with Crippen LogP contribution in [-0.2, 0) is 16.2 Å². The van der Waals surface area contributed by atoms with E-state index in [1.807, 2.05) is 37.3 Å². The Morgan fingerprint density at radius 1 is 1.11 bits per heavy atom. The minimum absolute atomic E-state index is 0.158. The Kier molecular flexibility index (Phi) is 7.82. The Balaban J connectivity index is 1.90. The zero-order chi connectivity index (χ0) is 19.6. The van der Waals surface area contributed by atoms with Crippen molar-refractivity contribution in [3.63, 3.8) is 0 Å². The summed E-state index contributed by atoms with van der Waals surface area (Å²) in [4.78, 5) is 25.1. The van der Waals surface area contributed by atoms with Gasteiger partial charge in [0.05, 0.1) is 12.6 Å². The Morgan fingerprint density at radius 2 is 1.78 bits per heavy atom. The van der Waals surface area contributed by atoms with Gasteiger partial charge < -0.3 is 15.2 Å². The first-order valence-electron chi connectivity index (χ1n) is 9.03. The van der Waals surface area contributed by atoms with Crippen molar-refractivity contribution < 1.29 is 19.4 Å². The lowest BCUT2D eigenvalue weighted by molar-refractivity contribution is -0.139. The quantitative estimate of drug-likeness (QED) is 0.670. The third-order valence-electron chi connectivity index (χ3n) is 4.15. The Hall–Kier alpha value is -2.86. The Morgan fingerprint density at radius 3 is 2.37 bits per heavy atom. The van der Waals surface area contributed by atoms with Gasteiger partial charge >= 0.3 is 5.97 Å². The van der Waals surface area contributed by atoms with Crippen LogP contribution in [0, 0.1) is 0 Å². The largest absolute Gasteiger partial charge is 0.489 e. The van der Waals surface area contributed by atoms with Gasteiger partial charge in [-0.25, -0.2) is 0 Å². The van der Waals surface area contributed by atoms with E-state index in [1.54, 1.807) is 36.1 Å². The molecule has 27 heavy (non-hydrogen) atoms. The van der Waals surface area contributed by atoms with Crippen LogP contribution < -0.4 is 10.1 Å². The fourth-order valence-corrected chi connectivity index (χ4v) is 2.66. The van der Waals surface area contributed by atoms with Gasteiger partial charge in [-0.3, -0.25) is 14.5 Å². The van der Waals surface area contributed by atoms with Crippen molar-refractivity contribution in [1.29, 1.82) is 0 Å². The van der Waals surface area contributed by atoms with Crippen LogP contribution >= 0.6 is 0 Å². The number of carbonyl (C=O) groups is 2. The van der Waals surface area contributed by atoms with Crippen molar-refractivity contribution in [3.8, 4) is 5.75 Å². The summed E-state index contributed by atoms with van der Waals surface area (Å²) < 4.78 is 5.73. The van der Waals surface area contributed by atoms with Gasteiger partial charge in [0.15, 0.2) is 0 Å². The molecule has 0 spiro atoms. The Labute approximate surface area is 159 Å². The SMILES string of the molecule is CCCN(CC(=O)O)C(C)C(=O)Nc1ccc(OCc2ccccc2)cc1. The molecule has 2 N–H and O–H groups in total. The molecule has 0 fully saturated rings. The summed E-state index contributed by atoms with van der Waals surface area (Å²) in [7, 11) is 0. The molecule has 1 unspecified atom stereocenters. The molecule has 0 radical (unpaired) electrons. The molecule has 0 aliphatic rings. The van der Waals surface area contributed by atoms with Gasteiger partial charge in [0.2, 0.25) is 5.91 Å². The number of rotatable bonds is 10. The molecule has 0 saturated heterocycles. The average Bonchev–Trinajstić information content (AvgIpc) is 2.67. The van der Waals surface area contributed by atoms with Crippen LogP contribution in [0.4, 0.5) is 5.69 Å². The summed E-state index contributed by atoms with van der Waals surface area (Å²) in [6.45, 7) is 4.53. The number of anilines is 1. The molecule has 1 amide bonds. The van der Waals surface area contributed by atoms with E-state index in [2.05, 4.69) is 5.32 Å². The van der Waals surface area contributed by atoms with Gasteiger partial charge in [0, 0.05) is 5.69 Å². The number of benzene rings is 2. The van der Waals surface area contributed by atoms with E-state index in [4.69, 9.17) is 9.84 Å². The second-order valence-electron chi connectivity index (χ2n) is 6.33. The monoisotopic (exact) mass is 370 g/mol. The van der Waals surface area contributed by atoms with Crippen LogP contribution in [0.1, 0.15) is 25.8 Å². The second kappa shape index (κ2) is 10.3. The van der Waals surface area contributed by atoms with Gasteiger partial charge in [-0.2, -0.15) is 0 Å². The van der Waals surface area contributed by atoms with Gasteiger partial charge in [0.25, 0.3) is 0 Å². The topological polar surface area (TPSA) is 78.9 Å². The minimum atomic E-state index is -0.942. The van der Waals surface area contributed by atoms with Gasteiger partial charge in [-0.1, -0.05) is 37.3 Å². The number of nitrogens with one attached hydrogen (secondary N) is 1. The first-order valence-corrected chi connectivity index (χ1v) is 9.03. The molecule has 0 aliphatic heterocycles. The predicted octanol–water partition coefficient (Wildman–Crippen LogP) is 3.39. The molecule has 0 bridgehead atoms. The molecule has 0 aromatic heterocycles. The van der Waals surface area contributed by atoms with Crippen LogP contribution in [-0.4, -0.2) is 41.0 Å². The molecule has 0 saturated carbocycles. The summed E-state index contributed by atoms with van der Waals surface area (Å²) in [5.41, 5.74) is 1.73. The van der Waals surface area contributed by atoms with E-state index in [9.17, 15) is 9.59 Å². The van der Waals surface area contributed by atoms with Crippen molar-refractivity contribution >= 4 is 17.6 Å². The highest BCUT2D eigenvalue weighted by atomic mass is 16.5. The van der Waals surface area contributed by atoms with Crippen LogP contribution in [0.3, 0.4) is 0 Å². The minimum Gasteiger partial charge on any atom is -0.489 e. The van der Waals surface area contributed by atoms with Crippen LogP contribution in [0.5, 0.6) is 5.75 Å². The van der Waals surface area contributed by atoms with E-state index in [-0.39, 0.29) is 12.5 Å². The molecular weight excluding hydrogens is 344 g/mol. The summed E-state index contributed by atoms with van der Waals surface area (Å²) in [6, 6.07) is 16.5. The molecule has 2 rings (SSSR count). The third kappa shape index (κ3) is 6.75. The lowest BCUT2D eigenvalue weighted by Crippen LogP contribution is -2.44. The number of nitrogens with zero attached hydrogens (tertiary/aromatic N) is 1. The molecule has 6 heteroatoms. The highest BCUT2D eigenvalue weighted by Crippen LogP contribution is 2.17. The number of amides is 1. The normalized spacial score (nSPS) is 11.8. The molecule has 0 aliphatic carbocycles. The molecule has 6 nitrogen and oxygen atoms in total. The molecule has 0 heterocycles. The van der Waals surface area contributed by atoms with E-state index >= 15 is 0 Å². The van der Waals surface area contributed by atoms with Crippen LogP contribution in [0.25, 0.3) is 0 Å². The molecule has 2 aromatic rings. The van der Waals surface area contributed by atoms with E-state index < -0.39 is 12.0 Å². The summed E-state index contributed by atoms with van der Waals surface area (Å²) in [6.07, 6.45) is 0.776. The first-order chi connectivity index (χ1) is 13.0. The molecule has 1 atom stereocenters. The maximum Gasteiger partial charge on any atom is 0.317 e. The van der Waals surface area contributed by atoms with Crippen molar-refractivity contribution in [2.24, 2.45) is 0 Å². The zero-order valence-corrected chi connectivity index (χ0v) is 15.7. The third-order valence-corrected chi connectivity index (χ3v) is 4.15. The number of ether oxygens (including phenoxy) is 1. The number of hydrogen-bond donors (Lipinski definition) is 2. The summed E-state index contributed by atoms with van der Waals surface area (Å²) in [5, 5.41) is 11.8. The highest BCUT2D eigenvalue weighted by molar-refractivity contribution is 5.94. The predicted molar refractivity (Wildman–Crippen MR) is 105 cm³/mol. The first kappa shape index (κ1) is 20.5. The van der Waals surface area contributed by atoms with Gasteiger partial charge in [0.1, 0.15) is 12.4 Å². The number of carboxylic acid groups (broad SMARTS) is 1. The summed E-state index contributed by atoms with van der Waals surface area (Å²) in [5.74, 6) is -0.464. The smallest absolute Gasteiger partial charge is 0.317 e. The number of carboxylic acids is 1. The van der Waals surface area contributed by atoms with Gasteiger partial charge in [-0.05, 0) is 49.7 Å². The lowest BCUT2D eigenvalue weighted by Gasteiger charge is -2.26. The molecule has 2 aromatic carbocycles. The number of carbonyl (C=O) groups excluding carboxylic acids is 1. The van der Waals surface area contributed by atoms with E-state index in [0.717, 1.165) is 12.0 Å². The van der Waals surface area contributed by atoms with Crippen LogP contribution in [0.15, 0.2) is 54.6 Å². The second-order valence-corrected chi connectivity index (χ2v) is 6.33. The van der Waals surface area contributed by atoms with Crippen molar-refractivity contribution in [2.45, 2.75) is 32.9 Å². The molecular formula is C21H26N2O4. The number of hydrogen-bond acceptors (Lipinski definition) is 4. The fourth-order valence-electron chi connectivity index (χ4n) is 2.66. The highest BCUT2D eigenvalue weighted by Gasteiger charge is 2.22. The lowest BCUT2D eigenvalue weighted by atomic mass is 10.2. The number of aliphatic carboxylic acids is 1. The average molecular weight is 370 g/mol. The summed E-state index contributed by atoms with van der Waals surface area (Å²) >= 11 is 0. The standard InChI is InChI=1S/C21H26N2O4/c1-3-13-23(14-20(24)25)16(2)21(26)22-18-9-11-19(12-10-18)27-15-17-7-5-4-6-8-17/h4-12,16H,3,13-15H2,1-2H3,(H,22,26)(H,24,25). The maximum atomic E-state index is 12.4. The Bertz CT molecular complexity index is 732. The van der Waals surface area contributed by atoms with E-state index in [1.165, 1.54) is 0 Å². The van der Waals surface area contributed by atoms with Crippen molar-refractivity contribution in [2.75, 3.05) is 18.4 Å². The van der Waals surface area contributed by atoms with Crippen LogP contribution in [0.2, 0.25) is 0 Å². The van der Waals surface area contributed by atoms with E-state index in [0.29, 0.717) is 24.6 Å².